The van der Waals surface area contributed by atoms with Crippen LogP contribution in [0, 0.1) is 0 Å². The van der Waals surface area contributed by atoms with Crippen LogP contribution in [0.2, 0.25) is 0 Å². The van der Waals surface area contributed by atoms with Crippen molar-refractivity contribution in [2.24, 2.45) is 0 Å². The molecule has 0 bridgehead atoms. The molecule has 0 heterocycles. The summed E-state index contributed by atoms with van der Waals surface area (Å²) in [5.41, 5.74) is 1.16. The fourth-order valence-electron chi connectivity index (χ4n) is 1.96. The number of carbonyl (C=O) groups is 1. The van der Waals surface area contributed by atoms with Crippen LogP contribution in [-0.4, -0.2) is 19.7 Å². The molecule has 0 fully saturated rings. The summed E-state index contributed by atoms with van der Waals surface area (Å²) >= 11 is 0. The van der Waals surface area contributed by atoms with E-state index in [1.807, 2.05) is 24.3 Å². The predicted octanol–water partition coefficient (Wildman–Crippen LogP) is 3.92. The molecule has 0 aliphatic rings. The Bertz CT molecular complexity index is 370. The zero-order valence-corrected chi connectivity index (χ0v) is 12.1. The Morgan fingerprint density at radius 1 is 1.21 bits per heavy atom. The van der Waals surface area contributed by atoms with Crippen molar-refractivity contribution >= 4 is 5.97 Å². The summed E-state index contributed by atoms with van der Waals surface area (Å²) < 4.78 is 10.4. The Morgan fingerprint density at radius 2 is 1.89 bits per heavy atom. The van der Waals surface area contributed by atoms with Crippen molar-refractivity contribution in [1.82, 2.24) is 0 Å². The monoisotopic (exact) mass is 264 g/mol. The molecule has 0 saturated carbocycles. The van der Waals surface area contributed by atoms with Gasteiger partial charge in [0.1, 0.15) is 5.75 Å². The first kappa shape index (κ1) is 15.5. The zero-order valence-electron chi connectivity index (χ0n) is 12.1. The topological polar surface area (TPSA) is 35.5 Å². The number of unbranched alkanes of at least 4 members (excludes halogenated alkanes) is 1. The molecule has 0 radical (unpaired) electrons. The molecule has 19 heavy (non-hydrogen) atoms. The van der Waals surface area contributed by atoms with Gasteiger partial charge in [0.15, 0.2) is 0 Å². The van der Waals surface area contributed by atoms with Gasteiger partial charge in [0.2, 0.25) is 0 Å². The first-order valence-corrected chi connectivity index (χ1v) is 7.00. The number of rotatable bonds is 8. The maximum Gasteiger partial charge on any atom is 0.306 e. The minimum atomic E-state index is -0.101. The van der Waals surface area contributed by atoms with Gasteiger partial charge in [0.05, 0.1) is 20.1 Å². The third-order valence-corrected chi connectivity index (χ3v) is 3.25. The summed E-state index contributed by atoms with van der Waals surface area (Å²) in [6.45, 7) is 4.71. The first-order chi connectivity index (χ1) is 9.21. The maximum atomic E-state index is 11.7. The van der Waals surface area contributed by atoms with Crippen molar-refractivity contribution in [3.05, 3.63) is 29.8 Å². The van der Waals surface area contributed by atoms with Crippen LogP contribution in [0.25, 0.3) is 0 Å². The molecule has 1 unspecified atom stereocenters. The normalized spacial score (nSPS) is 11.9. The quantitative estimate of drug-likeness (QED) is 0.527. The smallest absolute Gasteiger partial charge is 0.306 e. The molecular weight excluding hydrogens is 240 g/mol. The van der Waals surface area contributed by atoms with Gasteiger partial charge in [-0.3, -0.25) is 4.79 Å². The van der Waals surface area contributed by atoms with Gasteiger partial charge in [0, 0.05) is 0 Å². The number of methoxy groups -OCH3 is 1. The molecule has 0 aromatic heterocycles. The zero-order chi connectivity index (χ0) is 14.1. The first-order valence-electron chi connectivity index (χ1n) is 7.00. The van der Waals surface area contributed by atoms with Gasteiger partial charge in [0.25, 0.3) is 0 Å². The lowest BCUT2D eigenvalue weighted by atomic mass is 9.93. The van der Waals surface area contributed by atoms with Crippen molar-refractivity contribution in [3.63, 3.8) is 0 Å². The van der Waals surface area contributed by atoms with E-state index < -0.39 is 0 Å². The lowest BCUT2D eigenvalue weighted by Gasteiger charge is -2.15. The van der Waals surface area contributed by atoms with E-state index in [0.717, 1.165) is 30.6 Å². The van der Waals surface area contributed by atoms with Gasteiger partial charge in [-0.05, 0) is 36.5 Å². The van der Waals surface area contributed by atoms with Crippen molar-refractivity contribution < 1.29 is 14.3 Å². The van der Waals surface area contributed by atoms with Crippen LogP contribution >= 0.6 is 0 Å². The Morgan fingerprint density at radius 3 is 2.42 bits per heavy atom. The van der Waals surface area contributed by atoms with E-state index in [0.29, 0.717) is 13.0 Å². The van der Waals surface area contributed by atoms with E-state index in [2.05, 4.69) is 13.8 Å². The van der Waals surface area contributed by atoms with E-state index in [1.165, 1.54) is 0 Å². The largest absolute Gasteiger partial charge is 0.497 e. The average molecular weight is 264 g/mol. The van der Waals surface area contributed by atoms with Crippen molar-refractivity contribution in [2.75, 3.05) is 13.7 Å². The third kappa shape index (κ3) is 5.33. The molecule has 0 aliphatic carbocycles. The number of esters is 1. The van der Waals surface area contributed by atoms with Gasteiger partial charge in [-0.2, -0.15) is 0 Å². The Balaban J connectivity index is 2.54. The second kappa shape index (κ2) is 8.57. The molecule has 0 spiro atoms. The van der Waals surface area contributed by atoms with Crippen molar-refractivity contribution in [2.45, 2.75) is 45.4 Å². The molecule has 0 amide bonds. The fraction of sp³-hybridized carbons (Fsp3) is 0.562. The summed E-state index contributed by atoms with van der Waals surface area (Å²) in [6, 6.07) is 7.90. The van der Waals surface area contributed by atoms with Crippen LogP contribution in [-0.2, 0) is 9.53 Å². The van der Waals surface area contributed by atoms with E-state index >= 15 is 0 Å². The molecule has 0 saturated heterocycles. The highest BCUT2D eigenvalue weighted by molar-refractivity contribution is 5.70. The lowest BCUT2D eigenvalue weighted by molar-refractivity contribution is -0.144. The van der Waals surface area contributed by atoms with Gasteiger partial charge >= 0.3 is 5.97 Å². The highest BCUT2D eigenvalue weighted by Crippen LogP contribution is 2.25. The summed E-state index contributed by atoms with van der Waals surface area (Å²) in [5, 5.41) is 0. The predicted molar refractivity (Wildman–Crippen MR) is 76.5 cm³/mol. The number of benzene rings is 1. The molecule has 3 heteroatoms. The minimum Gasteiger partial charge on any atom is -0.497 e. The van der Waals surface area contributed by atoms with E-state index in [-0.39, 0.29) is 11.9 Å². The molecule has 1 aromatic carbocycles. The summed E-state index contributed by atoms with van der Waals surface area (Å²) in [5.74, 6) is 0.959. The van der Waals surface area contributed by atoms with E-state index in [9.17, 15) is 4.79 Å². The van der Waals surface area contributed by atoms with Crippen LogP contribution in [0.1, 0.15) is 51.0 Å². The summed E-state index contributed by atoms with van der Waals surface area (Å²) in [6.07, 6.45) is 3.36. The fourth-order valence-corrected chi connectivity index (χ4v) is 1.96. The second-order valence-electron chi connectivity index (χ2n) is 4.66. The van der Waals surface area contributed by atoms with Gasteiger partial charge in [-0.15, -0.1) is 0 Å². The van der Waals surface area contributed by atoms with E-state index in [1.54, 1.807) is 7.11 Å². The molecule has 0 aliphatic heterocycles. The molecule has 0 N–H and O–H groups in total. The Kier molecular flexibility index (Phi) is 7.01. The lowest BCUT2D eigenvalue weighted by Crippen LogP contribution is -2.11. The molecule has 1 rings (SSSR count). The maximum absolute atomic E-state index is 11.7. The van der Waals surface area contributed by atoms with Crippen molar-refractivity contribution in [1.29, 1.82) is 0 Å². The molecule has 3 nitrogen and oxygen atoms in total. The van der Waals surface area contributed by atoms with Crippen LogP contribution in [0.4, 0.5) is 0 Å². The Labute approximate surface area is 115 Å². The molecular formula is C16H24O3. The van der Waals surface area contributed by atoms with Gasteiger partial charge < -0.3 is 9.47 Å². The van der Waals surface area contributed by atoms with E-state index in [4.69, 9.17) is 9.47 Å². The van der Waals surface area contributed by atoms with Gasteiger partial charge in [-0.25, -0.2) is 0 Å². The Hall–Kier alpha value is -1.51. The van der Waals surface area contributed by atoms with Crippen molar-refractivity contribution in [3.8, 4) is 5.75 Å². The highest BCUT2D eigenvalue weighted by Gasteiger charge is 2.15. The molecule has 106 valence electrons. The second-order valence-corrected chi connectivity index (χ2v) is 4.66. The molecule has 1 aromatic rings. The molecule has 1 atom stereocenters. The van der Waals surface area contributed by atoms with Crippen LogP contribution in [0.5, 0.6) is 5.75 Å². The highest BCUT2D eigenvalue weighted by atomic mass is 16.5. The SMILES string of the molecule is CCCCOC(=O)CC(CC)c1ccc(OC)cc1. The minimum absolute atomic E-state index is 0.101. The van der Waals surface area contributed by atoms with Crippen LogP contribution in [0.15, 0.2) is 24.3 Å². The summed E-state index contributed by atoms with van der Waals surface area (Å²) in [4.78, 5) is 11.7. The summed E-state index contributed by atoms with van der Waals surface area (Å²) in [7, 11) is 1.65. The number of ether oxygens (including phenoxy) is 2. The standard InChI is InChI=1S/C16H24O3/c1-4-6-11-19-16(17)12-13(5-2)14-7-9-15(18-3)10-8-14/h7-10,13H,4-6,11-12H2,1-3H3. The number of carbonyl (C=O) groups excluding carboxylic acids is 1. The third-order valence-electron chi connectivity index (χ3n) is 3.25. The number of hydrogen-bond donors (Lipinski definition) is 0. The number of hydrogen-bond acceptors (Lipinski definition) is 3. The average Bonchev–Trinajstić information content (AvgIpc) is 2.45. The van der Waals surface area contributed by atoms with Crippen LogP contribution in [0.3, 0.4) is 0 Å². The van der Waals surface area contributed by atoms with Gasteiger partial charge in [-0.1, -0.05) is 32.4 Å². The van der Waals surface area contributed by atoms with Crippen LogP contribution < -0.4 is 4.74 Å².